The number of carboxylic acids is 1. The second-order valence-electron chi connectivity index (χ2n) is 3.49. The lowest BCUT2D eigenvalue weighted by Crippen LogP contribution is -2.42. The Balaban J connectivity index is 2.03. The van der Waals surface area contributed by atoms with Gasteiger partial charge < -0.3 is 10.4 Å². The molecule has 2 rings (SSSR count). The van der Waals surface area contributed by atoms with Gasteiger partial charge in [-0.3, -0.25) is 4.90 Å². The van der Waals surface area contributed by atoms with Crippen molar-refractivity contribution in [3.05, 3.63) is 16.6 Å². The van der Waals surface area contributed by atoms with Crippen LogP contribution in [0.2, 0.25) is 0 Å². The Bertz CT molecular complexity index is 347. The van der Waals surface area contributed by atoms with Crippen molar-refractivity contribution in [2.24, 2.45) is 0 Å². The highest BCUT2D eigenvalue weighted by atomic mass is 32.1. The molecule has 0 radical (unpaired) electrons. The van der Waals surface area contributed by atoms with Gasteiger partial charge in [0.1, 0.15) is 0 Å². The Morgan fingerprint density at radius 3 is 3.00 bits per heavy atom. The number of carboxylic acid groups (broad SMARTS) is 1. The lowest BCUT2D eigenvalue weighted by molar-refractivity contribution is 0.0695. The quantitative estimate of drug-likeness (QED) is 0.774. The van der Waals surface area contributed by atoms with E-state index in [-0.39, 0.29) is 0 Å². The van der Waals surface area contributed by atoms with Crippen LogP contribution in [0.15, 0.2) is 6.20 Å². The summed E-state index contributed by atoms with van der Waals surface area (Å²) < 4.78 is 3.93. The van der Waals surface area contributed by atoms with Crippen LogP contribution in [0, 0.1) is 0 Å². The predicted molar refractivity (Wildman–Crippen MR) is 57.2 cm³/mol. The zero-order valence-electron chi connectivity index (χ0n) is 8.27. The zero-order chi connectivity index (χ0) is 10.7. The summed E-state index contributed by atoms with van der Waals surface area (Å²) in [6, 6.07) is 0. The van der Waals surface area contributed by atoms with E-state index in [9.17, 15) is 4.79 Å². The van der Waals surface area contributed by atoms with Crippen LogP contribution in [0.4, 0.5) is 0 Å². The van der Waals surface area contributed by atoms with Gasteiger partial charge in [0, 0.05) is 32.7 Å². The molecule has 6 heteroatoms. The van der Waals surface area contributed by atoms with Crippen LogP contribution < -0.4 is 5.32 Å². The first-order valence-corrected chi connectivity index (χ1v) is 5.64. The second kappa shape index (κ2) is 4.69. The average Bonchev–Trinajstić information content (AvgIpc) is 2.67. The van der Waals surface area contributed by atoms with Crippen LogP contribution in [0.1, 0.15) is 15.2 Å². The normalized spacial score (nSPS) is 17.9. The Morgan fingerprint density at radius 2 is 2.33 bits per heavy atom. The lowest BCUT2D eigenvalue weighted by Gasteiger charge is -2.26. The molecule has 0 atom stereocenters. The summed E-state index contributed by atoms with van der Waals surface area (Å²) in [7, 11) is 0. The molecule has 2 heterocycles. The maximum atomic E-state index is 10.9. The summed E-state index contributed by atoms with van der Waals surface area (Å²) in [5.41, 5.74) is 0.346. The monoisotopic (exact) mass is 227 g/mol. The maximum absolute atomic E-state index is 10.9. The first kappa shape index (κ1) is 10.5. The highest BCUT2D eigenvalue weighted by Crippen LogP contribution is 2.16. The molecule has 1 aromatic rings. The molecule has 1 aromatic heterocycles. The van der Waals surface area contributed by atoms with Crippen molar-refractivity contribution in [1.29, 1.82) is 0 Å². The van der Waals surface area contributed by atoms with Crippen LogP contribution in [0.25, 0.3) is 0 Å². The number of rotatable bonds is 3. The molecule has 0 aromatic carbocycles. The number of nitrogens with one attached hydrogen (secondary N) is 1. The third kappa shape index (κ3) is 2.53. The smallest absolute Gasteiger partial charge is 0.338 e. The average molecular weight is 227 g/mol. The summed E-state index contributed by atoms with van der Waals surface area (Å²) in [5.74, 6) is -0.881. The number of carbonyl (C=O) groups is 1. The topological polar surface area (TPSA) is 65.5 Å². The van der Waals surface area contributed by atoms with Gasteiger partial charge in [0.2, 0.25) is 0 Å². The minimum atomic E-state index is -0.881. The minimum Gasteiger partial charge on any atom is -0.478 e. The fourth-order valence-corrected chi connectivity index (χ4v) is 2.39. The fourth-order valence-electron chi connectivity index (χ4n) is 1.62. The molecule has 0 aliphatic carbocycles. The highest BCUT2D eigenvalue weighted by Gasteiger charge is 2.17. The van der Waals surface area contributed by atoms with Crippen LogP contribution in [0.5, 0.6) is 0 Å². The Morgan fingerprint density at radius 1 is 1.60 bits per heavy atom. The summed E-state index contributed by atoms with van der Waals surface area (Å²) in [4.78, 5) is 14.0. The molecule has 1 saturated heterocycles. The van der Waals surface area contributed by atoms with Gasteiger partial charge in [-0.05, 0) is 11.5 Å². The number of hydrogen-bond acceptors (Lipinski definition) is 5. The number of nitrogens with zero attached hydrogens (tertiary/aromatic N) is 2. The Hall–Kier alpha value is -0.980. The van der Waals surface area contributed by atoms with Crippen molar-refractivity contribution >= 4 is 17.5 Å². The van der Waals surface area contributed by atoms with E-state index in [1.54, 1.807) is 0 Å². The lowest BCUT2D eigenvalue weighted by atomic mass is 10.2. The predicted octanol–water partition coefficient (Wildman–Crippen LogP) is 0.246. The molecule has 2 N–H and O–H groups in total. The van der Waals surface area contributed by atoms with Crippen molar-refractivity contribution in [2.75, 3.05) is 26.2 Å². The van der Waals surface area contributed by atoms with Crippen molar-refractivity contribution in [3.8, 4) is 0 Å². The first-order valence-electron chi connectivity index (χ1n) is 4.87. The van der Waals surface area contributed by atoms with Gasteiger partial charge in [0.15, 0.2) is 0 Å². The van der Waals surface area contributed by atoms with E-state index in [4.69, 9.17) is 5.11 Å². The number of piperazine rings is 1. The second-order valence-corrected chi connectivity index (χ2v) is 4.38. The van der Waals surface area contributed by atoms with E-state index in [1.165, 1.54) is 17.7 Å². The molecule has 0 saturated carbocycles. The molecule has 15 heavy (non-hydrogen) atoms. The van der Waals surface area contributed by atoms with Crippen molar-refractivity contribution < 1.29 is 9.90 Å². The summed E-state index contributed by atoms with van der Waals surface area (Å²) in [6.07, 6.45) is 1.44. The molecule has 1 aliphatic heterocycles. The van der Waals surface area contributed by atoms with Crippen LogP contribution in [-0.4, -0.2) is 46.5 Å². The van der Waals surface area contributed by atoms with Gasteiger partial charge in [-0.1, -0.05) is 0 Å². The first-order chi connectivity index (χ1) is 7.27. The van der Waals surface area contributed by atoms with E-state index in [1.807, 2.05) is 0 Å². The van der Waals surface area contributed by atoms with E-state index in [0.717, 1.165) is 31.1 Å². The SMILES string of the molecule is O=C(O)c1cnsc1CN1CCNCC1. The standard InChI is InChI=1S/C9H13N3O2S/c13-9(14)7-5-11-15-8(7)6-12-3-1-10-2-4-12/h5,10H,1-4,6H2,(H,13,14). The molecule has 1 fully saturated rings. The summed E-state index contributed by atoms with van der Waals surface area (Å²) >= 11 is 1.28. The molecule has 82 valence electrons. The van der Waals surface area contributed by atoms with E-state index < -0.39 is 5.97 Å². The van der Waals surface area contributed by atoms with Gasteiger partial charge in [-0.2, -0.15) is 4.37 Å². The molecule has 0 spiro atoms. The van der Waals surface area contributed by atoms with E-state index >= 15 is 0 Å². The van der Waals surface area contributed by atoms with Crippen LogP contribution >= 0.6 is 11.5 Å². The molecular formula is C9H13N3O2S. The fraction of sp³-hybridized carbons (Fsp3) is 0.556. The summed E-state index contributed by atoms with van der Waals surface area (Å²) in [6.45, 7) is 4.59. The third-order valence-corrected chi connectivity index (χ3v) is 3.23. The molecule has 0 bridgehead atoms. The maximum Gasteiger partial charge on any atom is 0.338 e. The molecular weight excluding hydrogens is 214 g/mol. The largest absolute Gasteiger partial charge is 0.478 e. The van der Waals surface area contributed by atoms with Gasteiger partial charge in [-0.25, -0.2) is 4.79 Å². The number of hydrogen-bond donors (Lipinski definition) is 2. The molecule has 0 unspecified atom stereocenters. The van der Waals surface area contributed by atoms with Crippen molar-refractivity contribution in [3.63, 3.8) is 0 Å². The third-order valence-electron chi connectivity index (χ3n) is 2.45. The number of aromatic carboxylic acids is 1. The molecule has 1 aliphatic rings. The van der Waals surface area contributed by atoms with Crippen LogP contribution in [0.3, 0.4) is 0 Å². The van der Waals surface area contributed by atoms with Gasteiger partial charge in [0.25, 0.3) is 0 Å². The Labute approximate surface area is 91.9 Å². The number of aromatic nitrogens is 1. The van der Waals surface area contributed by atoms with E-state index in [0.29, 0.717) is 12.1 Å². The van der Waals surface area contributed by atoms with Gasteiger partial charge >= 0.3 is 5.97 Å². The van der Waals surface area contributed by atoms with Crippen molar-refractivity contribution in [2.45, 2.75) is 6.54 Å². The molecule has 0 amide bonds. The van der Waals surface area contributed by atoms with Crippen LogP contribution in [-0.2, 0) is 6.54 Å². The van der Waals surface area contributed by atoms with Gasteiger partial charge in [0.05, 0.1) is 16.6 Å². The highest BCUT2D eigenvalue weighted by molar-refractivity contribution is 7.06. The summed E-state index contributed by atoms with van der Waals surface area (Å²) in [5, 5.41) is 12.2. The zero-order valence-corrected chi connectivity index (χ0v) is 9.09. The van der Waals surface area contributed by atoms with E-state index in [2.05, 4.69) is 14.6 Å². The minimum absolute atomic E-state index is 0.346. The Kier molecular flexibility index (Phi) is 3.30. The molecule has 5 nitrogen and oxygen atoms in total. The van der Waals surface area contributed by atoms with Gasteiger partial charge in [-0.15, -0.1) is 0 Å². The van der Waals surface area contributed by atoms with Crippen molar-refractivity contribution in [1.82, 2.24) is 14.6 Å².